The van der Waals surface area contributed by atoms with Gasteiger partial charge in [0.15, 0.2) is 0 Å². The van der Waals surface area contributed by atoms with E-state index in [1.54, 1.807) is 12.1 Å². The second-order valence-electron chi connectivity index (χ2n) is 3.58. The van der Waals surface area contributed by atoms with Crippen molar-refractivity contribution in [2.24, 2.45) is 0 Å². The Labute approximate surface area is 86.1 Å². The van der Waals surface area contributed by atoms with Gasteiger partial charge in [0.05, 0.1) is 0 Å². The minimum Gasteiger partial charge on any atom is -0.508 e. The highest BCUT2D eigenvalue weighted by Gasteiger charge is 1.95. The predicted octanol–water partition coefficient (Wildman–Crippen LogP) is 3.99. The molecule has 76 valence electrons. The van der Waals surface area contributed by atoms with E-state index >= 15 is 0 Å². The molecule has 1 aromatic carbocycles. The van der Waals surface area contributed by atoms with Crippen molar-refractivity contribution in [3.8, 4) is 5.75 Å². The van der Waals surface area contributed by atoms with Crippen molar-refractivity contribution in [1.29, 1.82) is 0 Å². The zero-order valence-electron chi connectivity index (χ0n) is 8.96. The molecule has 1 aromatic rings. The van der Waals surface area contributed by atoms with E-state index < -0.39 is 0 Å². The average Bonchev–Trinajstić information content (AvgIpc) is 2.18. The number of aromatic hydroxyl groups is 1. The van der Waals surface area contributed by atoms with Crippen molar-refractivity contribution >= 4 is 5.57 Å². The molecular formula is C13H18O. The highest BCUT2D eigenvalue weighted by atomic mass is 16.3. The average molecular weight is 190 g/mol. The summed E-state index contributed by atoms with van der Waals surface area (Å²) in [6.07, 6.45) is 5.82. The molecule has 0 aliphatic heterocycles. The van der Waals surface area contributed by atoms with Crippen molar-refractivity contribution in [3.63, 3.8) is 0 Å². The van der Waals surface area contributed by atoms with Crippen LogP contribution in [-0.2, 0) is 0 Å². The highest BCUT2D eigenvalue weighted by Crippen LogP contribution is 2.19. The van der Waals surface area contributed by atoms with Gasteiger partial charge in [-0.05, 0) is 36.6 Å². The number of benzene rings is 1. The molecule has 0 saturated carbocycles. The molecule has 1 N–H and O–H groups in total. The van der Waals surface area contributed by atoms with E-state index in [1.165, 1.54) is 18.4 Å². The molecule has 1 rings (SSSR count). The summed E-state index contributed by atoms with van der Waals surface area (Å²) in [5.74, 6) is 0.339. The van der Waals surface area contributed by atoms with Crippen molar-refractivity contribution < 1.29 is 5.11 Å². The maximum Gasteiger partial charge on any atom is 0.116 e. The lowest BCUT2D eigenvalue weighted by molar-refractivity contribution is 0.475. The van der Waals surface area contributed by atoms with Gasteiger partial charge in [-0.15, -0.1) is 0 Å². The second kappa shape index (κ2) is 5.48. The third-order valence-electron chi connectivity index (χ3n) is 2.31. The number of rotatable bonds is 4. The molecule has 0 aliphatic rings. The molecule has 0 unspecified atom stereocenters. The second-order valence-corrected chi connectivity index (χ2v) is 3.58. The Kier molecular flexibility index (Phi) is 4.24. The molecule has 1 heteroatoms. The van der Waals surface area contributed by atoms with Crippen LogP contribution in [0.2, 0.25) is 0 Å². The molecule has 0 saturated heterocycles. The first-order valence-corrected chi connectivity index (χ1v) is 5.20. The summed E-state index contributed by atoms with van der Waals surface area (Å²) in [6, 6.07) is 7.40. The molecule has 0 spiro atoms. The normalized spacial score (nSPS) is 11.7. The summed E-state index contributed by atoms with van der Waals surface area (Å²) in [7, 11) is 0. The molecular weight excluding hydrogens is 172 g/mol. The van der Waals surface area contributed by atoms with Crippen LogP contribution in [0.5, 0.6) is 5.75 Å². The van der Waals surface area contributed by atoms with Gasteiger partial charge in [0.1, 0.15) is 5.75 Å². The number of hydrogen-bond donors (Lipinski definition) is 1. The number of allylic oxidation sites excluding steroid dienone is 2. The van der Waals surface area contributed by atoms with Crippen LogP contribution in [0.15, 0.2) is 30.3 Å². The van der Waals surface area contributed by atoms with Gasteiger partial charge in [-0.3, -0.25) is 0 Å². The van der Waals surface area contributed by atoms with Crippen LogP contribution in [0.4, 0.5) is 0 Å². The van der Waals surface area contributed by atoms with Crippen molar-refractivity contribution in [1.82, 2.24) is 0 Å². The molecule has 0 bridgehead atoms. The first-order chi connectivity index (χ1) is 6.74. The molecule has 0 radical (unpaired) electrons. The zero-order chi connectivity index (χ0) is 10.4. The lowest BCUT2D eigenvalue weighted by Crippen LogP contribution is -1.79. The van der Waals surface area contributed by atoms with Crippen molar-refractivity contribution in [3.05, 3.63) is 35.9 Å². The lowest BCUT2D eigenvalue weighted by atomic mass is 10.1. The van der Waals surface area contributed by atoms with Crippen LogP contribution in [0.25, 0.3) is 5.57 Å². The quantitative estimate of drug-likeness (QED) is 0.712. The Balaban J connectivity index is 2.68. The molecule has 0 amide bonds. The minimum atomic E-state index is 0.339. The summed E-state index contributed by atoms with van der Waals surface area (Å²) in [5, 5.41) is 9.31. The van der Waals surface area contributed by atoms with Crippen LogP contribution in [0.3, 0.4) is 0 Å². The minimum absolute atomic E-state index is 0.339. The predicted molar refractivity (Wildman–Crippen MR) is 61.3 cm³/mol. The summed E-state index contributed by atoms with van der Waals surface area (Å²) >= 11 is 0. The van der Waals surface area contributed by atoms with Gasteiger partial charge in [-0.25, -0.2) is 0 Å². The maximum atomic E-state index is 9.31. The Morgan fingerprint density at radius 3 is 2.86 bits per heavy atom. The Hall–Kier alpha value is -1.24. The molecule has 14 heavy (non-hydrogen) atoms. The van der Waals surface area contributed by atoms with Crippen LogP contribution in [0.1, 0.15) is 38.7 Å². The van der Waals surface area contributed by atoms with E-state index in [1.807, 2.05) is 12.1 Å². The SMILES string of the molecule is CCCC/C=C(/C)c1cccc(O)c1. The zero-order valence-corrected chi connectivity index (χ0v) is 8.96. The number of unbranched alkanes of at least 4 members (excludes halogenated alkanes) is 2. The number of hydrogen-bond acceptors (Lipinski definition) is 1. The van der Waals surface area contributed by atoms with Crippen LogP contribution in [-0.4, -0.2) is 5.11 Å². The molecule has 0 aromatic heterocycles. The lowest BCUT2D eigenvalue weighted by Gasteiger charge is -2.02. The monoisotopic (exact) mass is 190 g/mol. The topological polar surface area (TPSA) is 20.2 Å². The Morgan fingerprint density at radius 1 is 1.43 bits per heavy atom. The van der Waals surface area contributed by atoms with Crippen molar-refractivity contribution in [2.75, 3.05) is 0 Å². The van der Waals surface area contributed by atoms with Crippen LogP contribution in [0, 0.1) is 0 Å². The Bertz CT molecular complexity index is 313. The van der Waals surface area contributed by atoms with Crippen LogP contribution < -0.4 is 0 Å². The first-order valence-electron chi connectivity index (χ1n) is 5.20. The summed E-state index contributed by atoms with van der Waals surface area (Å²) < 4.78 is 0. The largest absolute Gasteiger partial charge is 0.508 e. The van der Waals surface area contributed by atoms with Crippen molar-refractivity contribution in [2.45, 2.75) is 33.1 Å². The maximum absolute atomic E-state index is 9.31. The molecule has 0 heterocycles. The van der Waals surface area contributed by atoms with Gasteiger partial charge in [0.25, 0.3) is 0 Å². The van der Waals surface area contributed by atoms with Crippen LogP contribution >= 0.6 is 0 Å². The summed E-state index contributed by atoms with van der Waals surface area (Å²) in [5.41, 5.74) is 2.36. The van der Waals surface area contributed by atoms with Gasteiger partial charge in [0.2, 0.25) is 0 Å². The van der Waals surface area contributed by atoms with Gasteiger partial charge < -0.3 is 5.11 Å². The van der Waals surface area contributed by atoms with E-state index in [2.05, 4.69) is 19.9 Å². The van der Waals surface area contributed by atoms with Gasteiger partial charge >= 0.3 is 0 Å². The molecule has 0 fully saturated rings. The first kappa shape index (κ1) is 10.8. The Morgan fingerprint density at radius 2 is 2.21 bits per heavy atom. The number of phenolic OH excluding ortho intramolecular Hbond substituents is 1. The summed E-state index contributed by atoms with van der Waals surface area (Å²) in [6.45, 7) is 4.28. The third-order valence-corrected chi connectivity index (χ3v) is 2.31. The van der Waals surface area contributed by atoms with Gasteiger partial charge in [0, 0.05) is 0 Å². The van der Waals surface area contributed by atoms with E-state index in [4.69, 9.17) is 0 Å². The number of phenols is 1. The smallest absolute Gasteiger partial charge is 0.116 e. The third kappa shape index (κ3) is 3.25. The fourth-order valence-corrected chi connectivity index (χ4v) is 1.39. The molecule has 0 atom stereocenters. The van der Waals surface area contributed by atoms with E-state index in [-0.39, 0.29) is 0 Å². The van der Waals surface area contributed by atoms with E-state index in [0.29, 0.717) is 5.75 Å². The summed E-state index contributed by atoms with van der Waals surface area (Å²) in [4.78, 5) is 0. The van der Waals surface area contributed by atoms with E-state index in [9.17, 15) is 5.11 Å². The van der Waals surface area contributed by atoms with Gasteiger partial charge in [-0.1, -0.05) is 38.0 Å². The highest BCUT2D eigenvalue weighted by molar-refractivity contribution is 5.64. The standard InChI is InChI=1S/C13H18O/c1-3-4-5-7-11(2)12-8-6-9-13(14)10-12/h6-10,14H,3-5H2,1-2H3/b11-7-. The fourth-order valence-electron chi connectivity index (χ4n) is 1.39. The van der Waals surface area contributed by atoms with Gasteiger partial charge in [-0.2, -0.15) is 0 Å². The van der Waals surface area contributed by atoms with E-state index in [0.717, 1.165) is 12.0 Å². The fraction of sp³-hybridized carbons (Fsp3) is 0.385. The molecule has 1 nitrogen and oxygen atoms in total. The molecule has 0 aliphatic carbocycles.